The van der Waals surface area contributed by atoms with Gasteiger partial charge < -0.3 is 19.7 Å². The first-order valence-electron chi connectivity index (χ1n) is 9.23. The second-order valence-electron chi connectivity index (χ2n) is 6.79. The number of carbonyl (C=O) groups excluding carboxylic acids is 2. The lowest BCUT2D eigenvalue weighted by Crippen LogP contribution is -2.42. The number of benzene rings is 1. The molecule has 1 aromatic carbocycles. The van der Waals surface area contributed by atoms with E-state index in [0.29, 0.717) is 11.7 Å². The van der Waals surface area contributed by atoms with Crippen molar-refractivity contribution in [2.24, 2.45) is 5.92 Å². The van der Waals surface area contributed by atoms with Crippen LogP contribution >= 0.6 is 0 Å². The molecule has 1 N–H and O–H groups in total. The second-order valence-corrected chi connectivity index (χ2v) is 6.79. The smallest absolute Gasteiger partial charge is 0.258 e. The average Bonchev–Trinajstić information content (AvgIpc) is 3.14. The van der Waals surface area contributed by atoms with Crippen molar-refractivity contribution in [2.45, 2.75) is 6.42 Å². The summed E-state index contributed by atoms with van der Waals surface area (Å²) in [5, 5.41) is 2.64. The number of hydrogen-bond acceptors (Lipinski definition) is 5. The average molecular weight is 361 g/mol. The Balaban J connectivity index is 1.32. The van der Waals surface area contributed by atoms with Crippen molar-refractivity contribution in [1.29, 1.82) is 0 Å². The zero-order chi connectivity index (χ0) is 18.2. The molecule has 7 heteroatoms. The normalized spacial score (nSPS) is 20.8. The fraction of sp³-hybridized carbons (Fsp3) is 0.579. The highest BCUT2D eigenvalue weighted by Gasteiger charge is 2.28. The molecule has 2 aliphatic rings. The molecule has 0 aromatic heterocycles. The third-order valence-corrected chi connectivity index (χ3v) is 4.81. The summed E-state index contributed by atoms with van der Waals surface area (Å²) in [6.45, 7) is 6.04. The van der Waals surface area contributed by atoms with Gasteiger partial charge in [0.05, 0.1) is 19.8 Å². The molecule has 2 fully saturated rings. The number of hydrogen-bond donors (Lipinski definition) is 1. The van der Waals surface area contributed by atoms with E-state index in [1.54, 1.807) is 12.1 Å². The summed E-state index contributed by atoms with van der Waals surface area (Å²) >= 11 is 0. The van der Waals surface area contributed by atoms with Gasteiger partial charge in [-0.2, -0.15) is 0 Å². The fourth-order valence-electron chi connectivity index (χ4n) is 3.36. The van der Waals surface area contributed by atoms with Crippen LogP contribution < -0.4 is 10.1 Å². The molecule has 26 heavy (non-hydrogen) atoms. The van der Waals surface area contributed by atoms with Crippen molar-refractivity contribution in [3.8, 4) is 5.75 Å². The predicted octanol–water partition coefficient (Wildman–Crippen LogP) is 0.362. The summed E-state index contributed by atoms with van der Waals surface area (Å²) in [5.74, 6) is 0.836. The van der Waals surface area contributed by atoms with E-state index in [9.17, 15) is 9.59 Å². The number of rotatable bonds is 7. The minimum Gasteiger partial charge on any atom is -0.484 e. The van der Waals surface area contributed by atoms with Crippen LogP contribution in [0.2, 0.25) is 0 Å². The van der Waals surface area contributed by atoms with E-state index < -0.39 is 0 Å². The zero-order valence-electron chi connectivity index (χ0n) is 15.1. The molecule has 0 bridgehead atoms. The van der Waals surface area contributed by atoms with Crippen LogP contribution in [0.25, 0.3) is 0 Å². The number of nitrogens with zero attached hydrogens (tertiary/aromatic N) is 2. The van der Waals surface area contributed by atoms with Crippen LogP contribution in [0, 0.1) is 5.92 Å². The minimum absolute atomic E-state index is 0.0254. The Kier molecular flexibility index (Phi) is 6.85. The first kappa shape index (κ1) is 18.7. The molecule has 142 valence electrons. The van der Waals surface area contributed by atoms with Crippen LogP contribution in [0.15, 0.2) is 30.3 Å². The van der Waals surface area contributed by atoms with Crippen molar-refractivity contribution in [1.82, 2.24) is 15.1 Å². The van der Waals surface area contributed by atoms with Gasteiger partial charge in [0, 0.05) is 32.7 Å². The molecule has 2 aliphatic heterocycles. The highest BCUT2D eigenvalue weighted by molar-refractivity contribution is 5.85. The first-order valence-corrected chi connectivity index (χ1v) is 9.23. The maximum Gasteiger partial charge on any atom is 0.258 e. The van der Waals surface area contributed by atoms with Crippen LogP contribution in [-0.4, -0.2) is 80.7 Å². The quantitative estimate of drug-likeness (QED) is 0.759. The molecule has 1 aromatic rings. The van der Waals surface area contributed by atoms with E-state index in [1.165, 1.54) is 0 Å². The van der Waals surface area contributed by atoms with Crippen LogP contribution in [0.5, 0.6) is 5.75 Å². The summed E-state index contributed by atoms with van der Waals surface area (Å²) in [6, 6.07) is 9.15. The molecule has 0 spiro atoms. The van der Waals surface area contributed by atoms with Crippen LogP contribution in [-0.2, 0) is 14.3 Å². The molecule has 1 atom stereocenters. The Bertz CT molecular complexity index is 590. The maximum atomic E-state index is 12.3. The predicted molar refractivity (Wildman–Crippen MR) is 96.9 cm³/mol. The lowest BCUT2D eigenvalue weighted by Gasteiger charge is -2.29. The third-order valence-electron chi connectivity index (χ3n) is 4.81. The molecule has 0 radical (unpaired) electrons. The van der Waals surface area contributed by atoms with Gasteiger partial charge in [-0.3, -0.25) is 14.5 Å². The lowest BCUT2D eigenvalue weighted by atomic mass is 10.1. The number of morpholine rings is 1. The van der Waals surface area contributed by atoms with Gasteiger partial charge in [-0.05, 0) is 24.5 Å². The van der Waals surface area contributed by atoms with Crippen molar-refractivity contribution < 1.29 is 19.1 Å². The van der Waals surface area contributed by atoms with Crippen molar-refractivity contribution in [2.75, 3.05) is 59.1 Å². The largest absolute Gasteiger partial charge is 0.484 e. The second kappa shape index (κ2) is 9.54. The van der Waals surface area contributed by atoms with Crippen molar-refractivity contribution in [3.05, 3.63) is 30.3 Å². The number of nitrogens with one attached hydrogen (secondary N) is 1. The van der Waals surface area contributed by atoms with E-state index >= 15 is 0 Å². The minimum atomic E-state index is -0.286. The monoisotopic (exact) mass is 361 g/mol. The molecule has 2 saturated heterocycles. The van der Waals surface area contributed by atoms with Crippen LogP contribution in [0.3, 0.4) is 0 Å². The number of carbonyl (C=O) groups is 2. The fourth-order valence-corrected chi connectivity index (χ4v) is 3.36. The molecule has 1 unspecified atom stereocenters. The van der Waals surface area contributed by atoms with Gasteiger partial charge >= 0.3 is 0 Å². The van der Waals surface area contributed by atoms with Crippen LogP contribution in [0.4, 0.5) is 0 Å². The summed E-state index contributed by atoms with van der Waals surface area (Å²) < 4.78 is 10.7. The Morgan fingerprint density at radius 1 is 1.15 bits per heavy atom. The summed E-state index contributed by atoms with van der Waals surface area (Å²) in [5.41, 5.74) is 0. The van der Waals surface area contributed by atoms with Gasteiger partial charge in [0.1, 0.15) is 5.75 Å². The molecular formula is C19H27N3O4. The molecule has 0 saturated carbocycles. The Hall–Kier alpha value is -2.12. The standard InChI is InChI=1S/C19H27N3O4/c23-18(15-26-17-4-2-1-3-5-17)20-12-19(24)22-7-6-16(14-22)13-21-8-10-25-11-9-21/h1-5,16H,6-15H2,(H,20,23). The van der Waals surface area contributed by atoms with Gasteiger partial charge in [-0.15, -0.1) is 0 Å². The SMILES string of the molecule is O=C(COc1ccccc1)NCC(=O)N1CCC(CN2CCOCC2)C1. The first-order chi connectivity index (χ1) is 12.7. The van der Waals surface area contributed by atoms with Crippen LogP contribution in [0.1, 0.15) is 6.42 Å². The highest BCUT2D eigenvalue weighted by atomic mass is 16.5. The molecule has 7 nitrogen and oxygen atoms in total. The zero-order valence-corrected chi connectivity index (χ0v) is 15.1. The third kappa shape index (κ3) is 5.71. The maximum absolute atomic E-state index is 12.3. The Labute approximate surface area is 154 Å². The summed E-state index contributed by atoms with van der Waals surface area (Å²) in [6.07, 6.45) is 1.02. The molecular weight excluding hydrogens is 334 g/mol. The van der Waals surface area contributed by atoms with E-state index in [2.05, 4.69) is 10.2 Å². The number of amides is 2. The Morgan fingerprint density at radius 2 is 1.92 bits per heavy atom. The molecule has 0 aliphatic carbocycles. The van der Waals surface area contributed by atoms with Gasteiger partial charge in [-0.25, -0.2) is 0 Å². The molecule has 3 rings (SSSR count). The van der Waals surface area contributed by atoms with E-state index in [-0.39, 0.29) is 25.0 Å². The number of likely N-dealkylation sites (tertiary alicyclic amines) is 1. The van der Waals surface area contributed by atoms with Gasteiger partial charge in [0.15, 0.2) is 6.61 Å². The lowest BCUT2D eigenvalue weighted by molar-refractivity contribution is -0.132. The number of para-hydroxylation sites is 1. The number of ether oxygens (including phenoxy) is 2. The molecule has 2 amide bonds. The van der Waals surface area contributed by atoms with E-state index in [0.717, 1.165) is 52.4 Å². The van der Waals surface area contributed by atoms with E-state index in [1.807, 2.05) is 23.1 Å². The van der Waals surface area contributed by atoms with Gasteiger partial charge in [0.25, 0.3) is 5.91 Å². The summed E-state index contributed by atoms with van der Waals surface area (Å²) in [4.78, 5) is 28.4. The Morgan fingerprint density at radius 3 is 2.69 bits per heavy atom. The van der Waals surface area contributed by atoms with Crippen molar-refractivity contribution in [3.63, 3.8) is 0 Å². The van der Waals surface area contributed by atoms with E-state index in [4.69, 9.17) is 9.47 Å². The van der Waals surface area contributed by atoms with Gasteiger partial charge in [0.2, 0.25) is 5.91 Å². The topological polar surface area (TPSA) is 71.1 Å². The highest BCUT2D eigenvalue weighted by Crippen LogP contribution is 2.18. The molecule has 2 heterocycles. The summed E-state index contributed by atoms with van der Waals surface area (Å²) in [7, 11) is 0. The van der Waals surface area contributed by atoms with Gasteiger partial charge in [-0.1, -0.05) is 18.2 Å². The van der Waals surface area contributed by atoms with Crippen molar-refractivity contribution >= 4 is 11.8 Å².